The number of nitrogens with one attached hydrogen (secondary N) is 1. The maximum absolute atomic E-state index is 12.8. The van der Waals surface area contributed by atoms with Gasteiger partial charge in [0.2, 0.25) is 5.91 Å². The molecule has 2 amide bonds. The molecule has 2 aromatic rings. The summed E-state index contributed by atoms with van der Waals surface area (Å²) in [6, 6.07) is 9.08. The summed E-state index contributed by atoms with van der Waals surface area (Å²) in [6.07, 6.45) is 1.65. The quantitative estimate of drug-likeness (QED) is 0.786. The van der Waals surface area contributed by atoms with Crippen LogP contribution in [-0.4, -0.2) is 27.3 Å². The third-order valence-electron chi connectivity index (χ3n) is 4.43. The topological polar surface area (TPSA) is 116 Å². The number of hydrogen-bond donors (Lipinski definition) is 2. The van der Waals surface area contributed by atoms with Gasteiger partial charge in [-0.25, -0.2) is 13.1 Å². The standard InChI is InChI=1S/C19H20N2O5S/c1-11-3-7-16(26-2)15(9-11)19(23)21-27(24,25)17-8-6-13(18(20)22)10-14(17)12-4-5-12/h3,6-10,12H,4-5H2,1-2H3,(H2,20,22)(H,21,23). The fraction of sp³-hybridized carbons (Fsp3) is 0.263. The highest BCUT2D eigenvalue weighted by Crippen LogP contribution is 2.43. The Bertz CT molecular complexity index is 1030. The van der Waals surface area contributed by atoms with E-state index in [1.807, 2.05) is 0 Å². The number of hydrogen-bond acceptors (Lipinski definition) is 5. The largest absolute Gasteiger partial charge is 0.496 e. The minimum Gasteiger partial charge on any atom is -0.496 e. The van der Waals surface area contributed by atoms with Gasteiger partial charge in [-0.15, -0.1) is 0 Å². The average Bonchev–Trinajstić information content (AvgIpc) is 3.45. The molecule has 3 rings (SSSR count). The highest BCUT2D eigenvalue weighted by molar-refractivity contribution is 7.90. The fourth-order valence-electron chi connectivity index (χ4n) is 2.89. The zero-order chi connectivity index (χ0) is 19.8. The Labute approximate surface area is 157 Å². The second-order valence-corrected chi connectivity index (χ2v) is 8.18. The fourth-order valence-corrected chi connectivity index (χ4v) is 4.14. The van der Waals surface area contributed by atoms with Crippen molar-refractivity contribution in [1.82, 2.24) is 4.72 Å². The molecule has 0 radical (unpaired) electrons. The van der Waals surface area contributed by atoms with Crippen LogP contribution in [0.2, 0.25) is 0 Å². The Kier molecular flexibility index (Phi) is 4.93. The van der Waals surface area contributed by atoms with Gasteiger partial charge in [-0.3, -0.25) is 9.59 Å². The van der Waals surface area contributed by atoms with E-state index in [0.29, 0.717) is 5.56 Å². The van der Waals surface area contributed by atoms with Crippen molar-refractivity contribution in [3.8, 4) is 5.75 Å². The Morgan fingerprint density at radius 2 is 1.85 bits per heavy atom. The van der Waals surface area contributed by atoms with Gasteiger partial charge in [0.25, 0.3) is 15.9 Å². The van der Waals surface area contributed by atoms with Crippen LogP contribution in [-0.2, 0) is 10.0 Å². The third kappa shape index (κ3) is 3.95. The number of benzene rings is 2. The molecule has 0 aliphatic heterocycles. The molecule has 142 valence electrons. The molecular formula is C19H20N2O5S. The van der Waals surface area contributed by atoms with Crippen molar-refractivity contribution in [1.29, 1.82) is 0 Å². The molecular weight excluding hydrogens is 368 g/mol. The number of nitrogens with two attached hydrogens (primary N) is 1. The summed E-state index contributed by atoms with van der Waals surface area (Å²) in [5, 5.41) is 0. The average molecular weight is 388 g/mol. The number of sulfonamides is 1. The van der Waals surface area contributed by atoms with E-state index in [1.165, 1.54) is 25.3 Å². The molecule has 7 nitrogen and oxygen atoms in total. The summed E-state index contributed by atoms with van der Waals surface area (Å²) in [5.74, 6) is -1.09. The Hall–Kier alpha value is -2.87. The van der Waals surface area contributed by atoms with Gasteiger partial charge in [0.1, 0.15) is 5.75 Å². The molecule has 0 aromatic heterocycles. The number of ether oxygens (including phenoxy) is 1. The summed E-state index contributed by atoms with van der Waals surface area (Å²) < 4.78 is 32.9. The first kappa shape index (κ1) is 18.9. The molecule has 0 atom stereocenters. The number of rotatable bonds is 6. The summed E-state index contributed by atoms with van der Waals surface area (Å²) >= 11 is 0. The van der Waals surface area contributed by atoms with Crippen LogP contribution in [0.25, 0.3) is 0 Å². The number of primary amides is 1. The van der Waals surface area contributed by atoms with Crippen molar-refractivity contribution < 1.29 is 22.7 Å². The lowest BCUT2D eigenvalue weighted by molar-refractivity contribution is 0.0975. The Morgan fingerprint density at radius 1 is 1.15 bits per heavy atom. The molecule has 1 saturated carbocycles. The molecule has 3 N–H and O–H groups in total. The van der Waals surface area contributed by atoms with Crippen molar-refractivity contribution in [2.75, 3.05) is 7.11 Å². The molecule has 27 heavy (non-hydrogen) atoms. The van der Waals surface area contributed by atoms with Crippen LogP contribution in [0.1, 0.15) is 50.6 Å². The second kappa shape index (κ2) is 7.03. The second-order valence-electron chi connectivity index (χ2n) is 6.53. The molecule has 0 unspecified atom stereocenters. The zero-order valence-electron chi connectivity index (χ0n) is 15.0. The lowest BCUT2D eigenvalue weighted by atomic mass is 10.1. The molecule has 1 aliphatic rings. The molecule has 1 aliphatic carbocycles. The summed E-state index contributed by atoms with van der Waals surface area (Å²) in [7, 11) is -2.72. The van der Waals surface area contributed by atoms with E-state index < -0.39 is 21.8 Å². The number of aryl methyl sites for hydroxylation is 1. The minimum atomic E-state index is -4.13. The third-order valence-corrected chi connectivity index (χ3v) is 5.83. The number of carbonyl (C=O) groups is 2. The summed E-state index contributed by atoms with van der Waals surface area (Å²) in [5.41, 5.74) is 6.96. The van der Waals surface area contributed by atoms with Crippen molar-refractivity contribution in [3.63, 3.8) is 0 Å². The van der Waals surface area contributed by atoms with Gasteiger partial charge in [0.05, 0.1) is 17.6 Å². The first-order valence-corrected chi connectivity index (χ1v) is 9.87. The van der Waals surface area contributed by atoms with Gasteiger partial charge in [0.15, 0.2) is 0 Å². The maximum atomic E-state index is 12.8. The van der Waals surface area contributed by atoms with Gasteiger partial charge in [0, 0.05) is 5.56 Å². The van der Waals surface area contributed by atoms with E-state index in [0.717, 1.165) is 18.4 Å². The monoisotopic (exact) mass is 388 g/mol. The number of amides is 2. The van der Waals surface area contributed by atoms with Gasteiger partial charge < -0.3 is 10.5 Å². The van der Waals surface area contributed by atoms with E-state index in [-0.39, 0.29) is 27.7 Å². The van der Waals surface area contributed by atoms with Crippen LogP contribution in [0.3, 0.4) is 0 Å². The first-order chi connectivity index (χ1) is 12.7. The van der Waals surface area contributed by atoms with Crippen LogP contribution in [0, 0.1) is 6.92 Å². The molecule has 0 bridgehead atoms. The first-order valence-electron chi connectivity index (χ1n) is 8.38. The van der Waals surface area contributed by atoms with E-state index >= 15 is 0 Å². The van der Waals surface area contributed by atoms with Crippen molar-refractivity contribution in [2.45, 2.75) is 30.6 Å². The summed E-state index contributed by atoms with van der Waals surface area (Å²) in [6.45, 7) is 1.79. The normalized spacial score (nSPS) is 13.9. The van der Waals surface area contributed by atoms with Gasteiger partial charge in [-0.05, 0) is 61.6 Å². The lowest BCUT2D eigenvalue weighted by Crippen LogP contribution is -2.31. The molecule has 2 aromatic carbocycles. The van der Waals surface area contributed by atoms with E-state index in [1.54, 1.807) is 25.1 Å². The van der Waals surface area contributed by atoms with Crippen LogP contribution in [0.4, 0.5) is 0 Å². The van der Waals surface area contributed by atoms with Gasteiger partial charge >= 0.3 is 0 Å². The number of methoxy groups -OCH3 is 1. The molecule has 1 fully saturated rings. The minimum absolute atomic E-state index is 0.0185. The summed E-state index contributed by atoms with van der Waals surface area (Å²) in [4.78, 5) is 24.0. The number of carbonyl (C=O) groups excluding carboxylic acids is 2. The molecule has 8 heteroatoms. The smallest absolute Gasteiger partial charge is 0.268 e. The highest BCUT2D eigenvalue weighted by Gasteiger charge is 2.32. The van der Waals surface area contributed by atoms with E-state index in [2.05, 4.69) is 4.72 Å². The van der Waals surface area contributed by atoms with E-state index in [4.69, 9.17) is 10.5 Å². The molecule has 0 heterocycles. The van der Waals surface area contributed by atoms with Crippen molar-refractivity contribution >= 4 is 21.8 Å². The molecule has 0 spiro atoms. The van der Waals surface area contributed by atoms with Gasteiger partial charge in [-0.1, -0.05) is 11.6 Å². The van der Waals surface area contributed by atoms with Crippen LogP contribution in [0.15, 0.2) is 41.3 Å². The Morgan fingerprint density at radius 3 is 2.44 bits per heavy atom. The van der Waals surface area contributed by atoms with Gasteiger partial charge in [-0.2, -0.15) is 0 Å². The predicted molar refractivity (Wildman–Crippen MR) is 99.3 cm³/mol. The highest BCUT2D eigenvalue weighted by atomic mass is 32.2. The van der Waals surface area contributed by atoms with Crippen molar-refractivity contribution in [3.05, 3.63) is 58.7 Å². The lowest BCUT2D eigenvalue weighted by Gasteiger charge is -2.14. The van der Waals surface area contributed by atoms with E-state index in [9.17, 15) is 18.0 Å². The zero-order valence-corrected chi connectivity index (χ0v) is 15.8. The Balaban J connectivity index is 1.97. The predicted octanol–water partition coefficient (Wildman–Crippen LogP) is 2.10. The SMILES string of the molecule is COc1ccc(C)cc1C(=O)NS(=O)(=O)c1ccc(C(N)=O)cc1C1CC1. The van der Waals surface area contributed by atoms with Crippen molar-refractivity contribution in [2.24, 2.45) is 5.73 Å². The van der Waals surface area contributed by atoms with Crippen LogP contribution in [0.5, 0.6) is 5.75 Å². The molecule has 0 saturated heterocycles. The van der Waals surface area contributed by atoms with Crippen LogP contribution < -0.4 is 15.2 Å². The maximum Gasteiger partial charge on any atom is 0.268 e. The van der Waals surface area contributed by atoms with Crippen LogP contribution >= 0.6 is 0 Å².